The van der Waals surface area contributed by atoms with Crippen LogP contribution in [0.2, 0.25) is 0 Å². The molecule has 1 aromatic carbocycles. The first-order valence-corrected chi connectivity index (χ1v) is 7.48. The van der Waals surface area contributed by atoms with Crippen LogP contribution < -0.4 is 5.73 Å². The molecule has 0 spiro atoms. The van der Waals surface area contributed by atoms with Gasteiger partial charge in [-0.1, -0.05) is 32.0 Å². The van der Waals surface area contributed by atoms with Gasteiger partial charge in [-0.3, -0.25) is 0 Å². The molecule has 0 amide bonds. The molecule has 0 bridgehead atoms. The molecule has 5 heteroatoms. The first-order chi connectivity index (χ1) is 8.34. The fourth-order valence-electron chi connectivity index (χ4n) is 2.54. The number of benzene rings is 1. The SMILES string of the molecule is CC(C)C(C1=NS(=O)(=O)c2ccccc21)C(C)N. The quantitative estimate of drug-likeness (QED) is 0.906. The van der Waals surface area contributed by atoms with Crippen molar-refractivity contribution in [2.75, 3.05) is 0 Å². The van der Waals surface area contributed by atoms with E-state index in [1.807, 2.05) is 26.8 Å². The Morgan fingerprint density at radius 3 is 2.33 bits per heavy atom. The lowest BCUT2D eigenvalue weighted by molar-refractivity contribution is 0.431. The maximum Gasteiger partial charge on any atom is 0.283 e. The van der Waals surface area contributed by atoms with E-state index in [0.29, 0.717) is 16.2 Å². The highest BCUT2D eigenvalue weighted by Gasteiger charge is 2.35. The summed E-state index contributed by atoms with van der Waals surface area (Å²) in [6.45, 7) is 5.95. The summed E-state index contributed by atoms with van der Waals surface area (Å²) in [6.07, 6.45) is 0. The molecule has 2 rings (SSSR count). The average molecular weight is 266 g/mol. The molecule has 0 saturated carbocycles. The van der Waals surface area contributed by atoms with Crippen molar-refractivity contribution in [1.29, 1.82) is 0 Å². The molecule has 0 aliphatic carbocycles. The van der Waals surface area contributed by atoms with Crippen LogP contribution in [0.1, 0.15) is 26.3 Å². The van der Waals surface area contributed by atoms with Crippen LogP contribution in [0, 0.1) is 11.8 Å². The van der Waals surface area contributed by atoms with E-state index in [4.69, 9.17) is 5.73 Å². The van der Waals surface area contributed by atoms with Gasteiger partial charge in [-0.25, -0.2) is 0 Å². The van der Waals surface area contributed by atoms with E-state index in [0.717, 1.165) is 0 Å². The Bertz CT molecular complexity index is 581. The van der Waals surface area contributed by atoms with Crippen LogP contribution in [0.3, 0.4) is 0 Å². The minimum Gasteiger partial charge on any atom is -0.327 e. The minimum absolute atomic E-state index is 0.0524. The lowest BCUT2D eigenvalue weighted by Gasteiger charge is -2.24. The van der Waals surface area contributed by atoms with Gasteiger partial charge in [0.25, 0.3) is 10.0 Å². The molecule has 0 saturated heterocycles. The molecule has 1 aliphatic rings. The van der Waals surface area contributed by atoms with Crippen molar-refractivity contribution in [3.8, 4) is 0 Å². The van der Waals surface area contributed by atoms with Crippen molar-refractivity contribution in [2.24, 2.45) is 22.0 Å². The molecular formula is C13H18N2O2S. The lowest BCUT2D eigenvalue weighted by atomic mass is 9.83. The highest BCUT2D eigenvalue weighted by atomic mass is 32.2. The fourth-order valence-corrected chi connectivity index (χ4v) is 3.82. The third-order valence-corrected chi connectivity index (χ3v) is 4.61. The molecule has 2 N–H and O–H groups in total. The van der Waals surface area contributed by atoms with Gasteiger partial charge in [0, 0.05) is 17.5 Å². The summed E-state index contributed by atoms with van der Waals surface area (Å²) in [5.74, 6) is 0.188. The van der Waals surface area contributed by atoms with Crippen molar-refractivity contribution in [3.63, 3.8) is 0 Å². The average Bonchev–Trinajstić information content (AvgIpc) is 2.51. The highest BCUT2D eigenvalue weighted by Crippen LogP contribution is 2.32. The van der Waals surface area contributed by atoms with E-state index in [2.05, 4.69) is 4.40 Å². The second-order valence-corrected chi connectivity index (χ2v) is 6.65. The number of sulfonamides is 1. The van der Waals surface area contributed by atoms with Gasteiger partial charge in [0.2, 0.25) is 0 Å². The molecular weight excluding hydrogens is 248 g/mol. The van der Waals surface area contributed by atoms with Gasteiger partial charge >= 0.3 is 0 Å². The van der Waals surface area contributed by atoms with Gasteiger partial charge in [-0.2, -0.15) is 12.8 Å². The van der Waals surface area contributed by atoms with Gasteiger partial charge in [-0.05, 0) is 18.9 Å². The van der Waals surface area contributed by atoms with Crippen molar-refractivity contribution in [2.45, 2.75) is 31.7 Å². The van der Waals surface area contributed by atoms with Crippen molar-refractivity contribution >= 4 is 15.7 Å². The first kappa shape index (κ1) is 13.2. The molecule has 0 aromatic heterocycles. The van der Waals surface area contributed by atoms with E-state index in [1.54, 1.807) is 18.2 Å². The van der Waals surface area contributed by atoms with E-state index in [-0.39, 0.29) is 17.9 Å². The topological polar surface area (TPSA) is 72.5 Å². The second kappa shape index (κ2) is 4.48. The Labute approximate surface area is 108 Å². The number of nitrogens with zero attached hydrogens (tertiary/aromatic N) is 1. The number of rotatable bonds is 3. The molecule has 0 radical (unpaired) electrons. The number of hydrogen-bond acceptors (Lipinski definition) is 3. The molecule has 4 nitrogen and oxygen atoms in total. The molecule has 0 fully saturated rings. The summed E-state index contributed by atoms with van der Waals surface area (Å²) in [7, 11) is -3.53. The Hall–Kier alpha value is -1.20. The standard InChI is InChI=1S/C13H18N2O2S/c1-8(2)12(9(3)14)13-10-6-4-5-7-11(10)18(16,17)15-13/h4-9,12H,14H2,1-3H3. The summed E-state index contributed by atoms with van der Waals surface area (Å²) in [5.41, 5.74) is 7.30. The Morgan fingerprint density at radius 1 is 1.17 bits per heavy atom. The summed E-state index contributed by atoms with van der Waals surface area (Å²) in [4.78, 5) is 0.298. The third-order valence-electron chi connectivity index (χ3n) is 3.26. The molecule has 1 aliphatic heterocycles. The Morgan fingerprint density at radius 2 is 1.78 bits per heavy atom. The zero-order valence-electron chi connectivity index (χ0n) is 10.8. The van der Waals surface area contributed by atoms with Crippen molar-refractivity contribution < 1.29 is 8.42 Å². The van der Waals surface area contributed by atoms with Gasteiger partial charge in [-0.15, -0.1) is 0 Å². The minimum atomic E-state index is -3.53. The zero-order chi connectivity index (χ0) is 13.5. The summed E-state index contributed by atoms with van der Waals surface area (Å²) in [5, 5.41) is 0. The lowest BCUT2D eigenvalue weighted by Crippen LogP contribution is -2.36. The van der Waals surface area contributed by atoms with Gasteiger partial charge in [0.05, 0.1) is 10.6 Å². The predicted octanol–water partition coefficient (Wildman–Crippen LogP) is 1.80. The van der Waals surface area contributed by atoms with Crippen LogP contribution in [0.4, 0.5) is 0 Å². The maximum atomic E-state index is 12.0. The zero-order valence-corrected chi connectivity index (χ0v) is 11.6. The second-order valence-electron chi connectivity index (χ2n) is 5.08. The van der Waals surface area contributed by atoms with E-state index < -0.39 is 10.0 Å². The summed E-state index contributed by atoms with van der Waals surface area (Å²) >= 11 is 0. The fraction of sp³-hybridized carbons (Fsp3) is 0.462. The molecule has 2 atom stereocenters. The Balaban J connectivity index is 2.60. The van der Waals surface area contributed by atoms with Gasteiger partial charge < -0.3 is 5.73 Å². The van der Waals surface area contributed by atoms with E-state index in [1.165, 1.54) is 0 Å². The number of nitrogens with two attached hydrogens (primary N) is 1. The van der Waals surface area contributed by atoms with E-state index in [9.17, 15) is 8.42 Å². The van der Waals surface area contributed by atoms with Crippen molar-refractivity contribution in [3.05, 3.63) is 29.8 Å². The van der Waals surface area contributed by atoms with Crippen LogP contribution >= 0.6 is 0 Å². The van der Waals surface area contributed by atoms with Crippen LogP contribution in [0.15, 0.2) is 33.6 Å². The number of fused-ring (bicyclic) bond motifs is 1. The van der Waals surface area contributed by atoms with Crippen LogP contribution in [-0.4, -0.2) is 20.2 Å². The van der Waals surface area contributed by atoms with Crippen molar-refractivity contribution in [1.82, 2.24) is 0 Å². The van der Waals surface area contributed by atoms with Gasteiger partial charge in [0.15, 0.2) is 0 Å². The number of hydrogen-bond donors (Lipinski definition) is 1. The summed E-state index contributed by atoms with van der Waals surface area (Å²) < 4.78 is 27.9. The van der Waals surface area contributed by atoms with Crippen LogP contribution in [0.5, 0.6) is 0 Å². The monoisotopic (exact) mass is 266 g/mol. The molecule has 1 heterocycles. The molecule has 2 unspecified atom stereocenters. The molecule has 98 valence electrons. The first-order valence-electron chi connectivity index (χ1n) is 6.04. The molecule has 1 aromatic rings. The summed E-state index contributed by atoms with van der Waals surface area (Å²) in [6, 6.07) is 6.81. The maximum absolute atomic E-state index is 12.0. The normalized spacial score (nSPS) is 20.4. The smallest absolute Gasteiger partial charge is 0.283 e. The van der Waals surface area contributed by atoms with Crippen LogP contribution in [-0.2, 0) is 10.0 Å². The van der Waals surface area contributed by atoms with Crippen LogP contribution in [0.25, 0.3) is 0 Å². The molecule has 18 heavy (non-hydrogen) atoms. The van der Waals surface area contributed by atoms with Gasteiger partial charge in [0.1, 0.15) is 0 Å². The third kappa shape index (κ3) is 2.08. The largest absolute Gasteiger partial charge is 0.327 e. The van der Waals surface area contributed by atoms with E-state index >= 15 is 0 Å². The Kier molecular flexibility index (Phi) is 3.29. The predicted molar refractivity (Wildman–Crippen MR) is 72.1 cm³/mol. The highest BCUT2D eigenvalue weighted by molar-refractivity contribution is 7.90.